The smallest absolute Gasteiger partial charge is 0.229 e. The number of ether oxygens (including phenoxy) is 2. The van der Waals surface area contributed by atoms with Gasteiger partial charge >= 0.3 is 0 Å². The van der Waals surface area contributed by atoms with Gasteiger partial charge in [-0.2, -0.15) is 4.98 Å². The highest BCUT2D eigenvalue weighted by Gasteiger charge is 2.13. The lowest BCUT2D eigenvalue weighted by Gasteiger charge is -2.15. The van der Waals surface area contributed by atoms with Crippen LogP contribution in [0.15, 0.2) is 48.7 Å². The molecule has 9 nitrogen and oxygen atoms in total. The molecule has 0 aliphatic carbocycles. The third-order valence-electron chi connectivity index (χ3n) is 5.44. The zero-order chi connectivity index (χ0) is 26.1. The van der Waals surface area contributed by atoms with Crippen molar-refractivity contribution in [2.45, 2.75) is 33.1 Å². The Labute approximate surface area is 217 Å². The fourth-order valence-corrected chi connectivity index (χ4v) is 4.06. The van der Waals surface area contributed by atoms with Gasteiger partial charge in [0, 0.05) is 6.07 Å². The van der Waals surface area contributed by atoms with E-state index in [1.807, 2.05) is 18.2 Å². The summed E-state index contributed by atoms with van der Waals surface area (Å²) in [6.07, 6.45) is 5.80. The van der Waals surface area contributed by atoms with E-state index < -0.39 is 10.0 Å². The Morgan fingerprint density at radius 3 is 2.53 bits per heavy atom. The van der Waals surface area contributed by atoms with Crippen molar-refractivity contribution in [3.8, 4) is 11.5 Å². The summed E-state index contributed by atoms with van der Waals surface area (Å²) < 4.78 is 37.3. The topological polar surface area (TPSA) is 114 Å². The maximum atomic E-state index is 11.7. The van der Waals surface area contributed by atoms with Gasteiger partial charge in [-0.15, -0.1) is 0 Å². The molecule has 0 radical (unpaired) electrons. The summed E-state index contributed by atoms with van der Waals surface area (Å²) in [6, 6.07) is 12.3. The standard InChI is InChI=1S/C25H32ClN5O4S/c1-5-17(2)9-8-14-35-18-12-13-23(34-3)22(15-18)29-25-27-16-19(26)24(30-25)28-20-10-6-7-11-21(20)31-36(4,32)33/h6-7,10-13,15-17,31H,5,8-9,14H2,1-4H3,(H2,27,28,29,30)/t17-/m0/s1. The predicted octanol–water partition coefficient (Wildman–Crippen LogP) is 6.20. The molecule has 11 heteroatoms. The first kappa shape index (κ1) is 27.3. The van der Waals surface area contributed by atoms with Gasteiger partial charge in [0.2, 0.25) is 16.0 Å². The maximum Gasteiger partial charge on any atom is 0.229 e. The second-order valence-corrected chi connectivity index (χ2v) is 10.6. The fourth-order valence-electron chi connectivity index (χ4n) is 3.34. The molecule has 2 aromatic carbocycles. The van der Waals surface area contributed by atoms with E-state index >= 15 is 0 Å². The van der Waals surface area contributed by atoms with Gasteiger partial charge in [0.05, 0.1) is 43.2 Å². The van der Waals surface area contributed by atoms with E-state index in [1.54, 1.807) is 31.4 Å². The molecule has 0 bridgehead atoms. The van der Waals surface area contributed by atoms with Crippen LogP contribution < -0.4 is 24.8 Å². The van der Waals surface area contributed by atoms with Crippen LogP contribution in [0.1, 0.15) is 33.1 Å². The van der Waals surface area contributed by atoms with Crippen molar-refractivity contribution in [3.63, 3.8) is 0 Å². The summed E-state index contributed by atoms with van der Waals surface area (Å²) in [5.74, 6) is 2.55. The average Bonchev–Trinajstić information content (AvgIpc) is 2.84. The van der Waals surface area contributed by atoms with Gasteiger partial charge in [-0.3, -0.25) is 4.72 Å². The van der Waals surface area contributed by atoms with Crippen LogP contribution in [0.4, 0.5) is 28.8 Å². The predicted molar refractivity (Wildman–Crippen MR) is 146 cm³/mol. The number of benzene rings is 2. The quantitative estimate of drug-likeness (QED) is 0.222. The molecule has 0 saturated heterocycles. The largest absolute Gasteiger partial charge is 0.495 e. The van der Waals surface area contributed by atoms with E-state index in [4.69, 9.17) is 21.1 Å². The van der Waals surface area contributed by atoms with Crippen LogP contribution >= 0.6 is 11.6 Å². The van der Waals surface area contributed by atoms with Crippen molar-refractivity contribution in [2.24, 2.45) is 5.92 Å². The number of methoxy groups -OCH3 is 1. The molecular formula is C25H32ClN5O4S. The van der Waals surface area contributed by atoms with E-state index in [0.29, 0.717) is 46.9 Å². The highest BCUT2D eigenvalue weighted by Crippen LogP contribution is 2.33. The van der Waals surface area contributed by atoms with Crippen LogP contribution in [0.2, 0.25) is 5.02 Å². The van der Waals surface area contributed by atoms with E-state index in [2.05, 4.69) is 39.2 Å². The fraction of sp³-hybridized carbons (Fsp3) is 0.360. The van der Waals surface area contributed by atoms with Crippen LogP contribution in [-0.2, 0) is 10.0 Å². The van der Waals surface area contributed by atoms with Crippen LogP contribution in [-0.4, -0.2) is 38.4 Å². The lowest BCUT2D eigenvalue weighted by Crippen LogP contribution is -2.11. The molecule has 3 rings (SSSR count). The summed E-state index contributed by atoms with van der Waals surface area (Å²) in [7, 11) is -1.89. The number of hydrogen-bond acceptors (Lipinski definition) is 8. The van der Waals surface area contributed by atoms with Gasteiger partial charge in [-0.25, -0.2) is 13.4 Å². The van der Waals surface area contributed by atoms with Gasteiger partial charge in [-0.1, -0.05) is 44.0 Å². The minimum Gasteiger partial charge on any atom is -0.495 e. The van der Waals surface area contributed by atoms with Gasteiger partial charge in [0.1, 0.15) is 16.5 Å². The Balaban J connectivity index is 1.77. The molecule has 3 aromatic rings. The van der Waals surface area contributed by atoms with E-state index in [1.165, 1.54) is 6.20 Å². The number of para-hydroxylation sites is 2. The molecule has 194 valence electrons. The third-order valence-corrected chi connectivity index (χ3v) is 6.31. The van der Waals surface area contributed by atoms with Crippen LogP contribution in [0.3, 0.4) is 0 Å². The van der Waals surface area contributed by atoms with Crippen LogP contribution in [0, 0.1) is 5.92 Å². The molecule has 0 saturated carbocycles. The second-order valence-electron chi connectivity index (χ2n) is 8.43. The molecule has 0 aliphatic rings. The van der Waals surface area contributed by atoms with E-state index in [9.17, 15) is 8.42 Å². The van der Waals surface area contributed by atoms with Gasteiger partial charge in [0.25, 0.3) is 0 Å². The lowest BCUT2D eigenvalue weighted by molar-refractivity contribution is 0.293. The molecule has 1 heterocycles. The number of anilines is 5. The van der Waals surface area contributed by atoms with Gasteiger partial charge in [-0.05, 0) is 43.0 Å². The molecule has 1 aromatic heterocycles. The van der Waals surface area contributed by atoms with E-state index in [0.717, 1.165) is 25.5 Å². The van der Waals surface area contributed by atoms with Crippen molar-refractivity contribution in [2.75, 3.05) is 35.3 Å². The first-order valence-electron chi connectivity index (χ1n) is 11.6. The number of nitrogens with zero attached hydrogens (tertiary/aromatic N) is 2. The van der Waals surface area contributed by atoms with Crippen molar-refractivity contribution in [1.82, 2.24) is 9.97 Å². The first-order chi connectivity index (χ1) is 17.2. The maximum absolute atomic E-state index is 11.7. The Bertz CT molecular complexity index is 1270. The summed E-state index contributed by atoms with van der Waals surface area (Å²) in [5.41, 5.74) is 1.48. The molecule has 0 amide bonds. The molecule has 0 fully saturated rings. The Hall–Kier alpha value is -3.24. The van der Waals surface area contributed by atoms with Crippen molar-refractivity contribution in [3.05, 3.63) is 53.7 Å². The lowest BCUT2D eigenvalue weighted by atomic mass is 10.0. The Morgan fingerprint density at radius 2 is 1.83 bits per heavy atom. The number of hydrogen-bond donors (Lipinski definition) is 3. The molecule has 1 atom stereocenters. The van der Waals surface area contributed by atoms with Crippen LogP contribution in [0.25, 0.3) is 0 Å². The Morgan fingerprint density at radius 1 is 1.08 bits per heavy atom. The SMILES string of the molecule is CC[C@H](C)CCCOc1ccc(OC)c(Nc2ncc(Cl)c(Nc3ccccc3NS(C)(=O)=O)n2)c1. The molecule has 36 heavy (non-hydrogen) atoms. The molecule has 0 aliphatic heterocycles. The zero-order valence-corrected chi connectivity index (χ0v) is 22.4. The number of halogens is 1. The molecule has 3 N–H and O–H groups in total. The van der Waals surface area contributed by atoms with Crippen molar-refractivity contribution < 1.29 is 17.9 Å². The first-order valence-corrected chi connectivity index (χ1v) is 13.9. The van der Waals surface area contributed by atoms with E-state index in [-0.39, 0.29) is 11.0 Å². The van der Waals surface area contributed by atoms with Crippen molar-refractivity contribution >= 4 is 50.5 Å². The van der Waals surface area contributed by atoms with Crippen LogP contribution in [0.5, 0.6) is 11.5 Å². The number of sulfonamides is 1. The normalized spacial score (nSPS) is 12.0. The summed E-state index contributed by atoms with van der Waals surface area (Å²) in [5, 5.41) is 6.49. The van der Waals surface area contributed by atoms with Crippen molar-refractivity contribution in [1.29, 1.82) is 0 Å². The molecule has 0 unspecified atom stereocenters. The van der Waals surface area contributed by atoms with Gasteiger partial charge in [0.15, 0.2) is 5.82 Å². The number of aromatic nitrogens is 2. The summed E-state index contributed by atoms with van der Waals surface area (Å²) in [6.45, 7) is 5.06. The Kier molecular flexibility index (Phi) is 9.60. The number of nitrogens with one attached hydrogen (secondary N) is 3. The zero-order valence-electron chi connectivity index (χ0n) is 20.8. The average molecular weight is 534 g/mol. The highest BCUT2D eigenvalue weighted by atomic mass is 35.5. The monoisotopic (exact) mass is 533 g/mol. The highest BCUT2D eigenvalue weighted by molar-refractivity contribution is 7.92. The second kappa shape index (κ2) is 12.6. The summed E-state index contributed by atoms with van der Waals surface area (Å²) in [4.78, 5) is 8.74. The van der Waals surface area contributed by atoms with Gasteiger partial charge < -0.3 is 20.1 Å². The number of rotatable bonds is 13. The third kappa shape index (κ3) is 8.17. The summed E-state index contributed by atoms with van der Waals surface area (Å²) >= 11 is 6.32. The minimum atomic E-state index is -3.47. The molecule has 0 spiro atoms. The molecular weight excluding hydrogens is 502 g/mol. The minimum absolute atomic E-state index is 0.264.